The van der Waals surface area contributed by atoms with Crippen LogP contribution in [0.5, 0.6) is 0 Å². The van der Waals surface area contributed by atoms with Crippen molar-refractivity contribution in [3.8, 4) is 0 Å². The lowest BCUT2D eigenvalue weighted by atomic mass is 9.85. The lowest BCUT2D eigenvalue weighted by Gasteiger charge is -2.31. The number of amides is 1. The average molecular weight is 375 g/mol. The number of fused-ring (bicyclic) bond motifs is 1. The molecule has 5 nitrogen and oxygen atoms in total. The van der Waals surface area contributed by atoms with Crippen molar-refractivity contribution in [2.24, 2.45) is 5.92 Å². The third-order valence-corrected chi connectivity index (χ3v) is 6.46. The minimum absolute atomic E-state index is 0.0268. The Kier molecular flexibility index (Phi) is 5.64. The van der Waals surface area contributed by atoms with Gasteiger partial charge in [-0.1, -0.05) is 18.9 Å². The second kappa shape index (κ2) is 8.15. The lowest BCUT2D eigenvalue weighted by molar-refractivity contribution is -0.123. The van der Waals surface area contributed by atoms with Crippen LogP contribution >= 0.6 is 0 Å². The van der Waals surface area contributed by atoms with Gasteiger partial charge in [0.1, 0.15) is 5.82 Å². The largest absolute Gasteiger partial charge is 0.393 e. The van der Waals surface area contributed by atoms with Gasteiger partial charge in [0, 0.05) is 25.7 Å². The quantitative estimate of drug-likeness (QED) is 0.756. The van der Waals surface area contributed by atoms with E-state index >= 15 is 0 Å². The van der Waals surface area contributed by atoms with Gasteiger partial charge in [-0.2, -0.15) is 0 Å². The molecule has 2 heterocycles. The predicted molar refractivity (Wildman–Crippen MR) is 103 cm³/mol. The zero-order valence-corrected chi connectivity index (χ0v) is 15.8. The highest BCUT2D eigenvalue weighted by Gasteiger charge is 2.38. The maximum Gasteiger partial charge on any atom is 0.237 e. The monoisotopic (exact) mass is 375 g/mol. The first kappa shape index (κ1) is 18.7. The Hall–Kier alpha value is -1.66. The summed E-state index contributed by atoms with van der Waals surface area (Å²) in [4.78, 5) is 14.5. The van der Waals surface area contributed by atoms with E-state index in [1.807, 2.05) is 11.0 Å². The Morgan fingerprint density at radius 3 is 2.74 bits per heavy atom. The van der Waals surface area contributed by atoms with Crippen molar-refractivity contribution in [2.45, 2.75) is 69.7 Å². The van der Waals surface area contributed by atoms with Gasteiger partial charge in [0.2, 0.25) is 5.91 Å². The smallest absolute Gasteiger partial charge is 0.237 e. The fraction of sp³-hybridized carbons (Fsp3) is 0.667. The molecule has 1 saturated carbocycles. The van der Waals surface area contributed by atoms with Crippen LogP contribution in [-0.2, 0) is 11.3 Å². The summed E-state index contributed by atoms with van der Waals surface area (Å²) in [7, 11) is 0. The maximum atomic E-state index is 14.5. The summed E-state index contributed by atoms with van der Waals surface area (Å²) >= 11 is 0. The average Bonchev–Trinajstić information content (AvgIpc) is 3.11. The lowest BCUT2D eigenvalue weighted by Crippen LogP contribution is -2.42. The molecule has 3 fully saturated rings. The number of hydrogen-bond donors (Lipinski definition) is 3. The van der Waals surface area contributed by atoms with Crippen LogP contribution in [0.3, 0.4) is 0 Å². The standard InChI is InChI=1S/C21H30FN3O2/c22-17-11-14(5-6-20(17)25-9-7-16(26)8-10-25)13-23-21(27)19-12-15-3-1-2-4-18(15)24-19/h5-6,11,15-16,18-19,24,26H,1-4,7-10,12-13H2,(H,23,27)/t15-,18-,19+/m1/s1. The van der Waals surface area contributed by atoms with Crippen molar-refractivity contribution in [3.05, 3.63) is 29.6 Å². The molecule has 0 aromatic heterocycles. The molecule has 4 rings (SSSR count). The summed E-state index contributed by atoms with van der Waals surface area (Å²) < 4.78 is 14.5. The molecule has 6 heteroatoms. The van der Waals surface area contributed by atoms with Crippen molar-refractivity contribution in [1.29, 1.82) is 0 Å². The first-order valence-corrected chi connectivity index (χ1v) is 10.4. The van der Waals surface area contributed by atoms with Gasteiger partial charge in [0.25, 0.3) is 0 Å². The third-order valence-electron chi connectivity index (χ3n) is 6.46. The summed E-state index contributed by atoms with van der Waals surface area (Å²) in [5.74, 6) is 0.399. The van der Waals surface area contributed by atoms with Crippen LogP contribution in [0.4, 0.5) is 10.1 Å². The third kappa shape index (κ3) is 4.27. The highest BCUT2D eigenvalue weighted by molar-refractivity contribution is 5.82. The molecule has 1 amide bonds. The van der Waals surface area contributed by atoms with Gasteiger partial charge < -0.3 is 20.6 Å². The number of halogens is 1. The number of hydrogen-bond acceptors (Lipinski definition) is 4. The molecular formula is C21H30FN3O2. The van der Waals surface area contributed by atoms with Crippen LogP contribution in [0.15, 0.2) is 18.2 Å². The highest BCUT2D eigenvalue weighted by atomic mass is 19.1. The van der Waals surface area contributed by atoms with Crippen molar-refractivity contribution >= 4 is 11.6 Å². The molecule has 0 unspecified atom stereocenters. The minimum atomic E-state index is -0.271. The highest BCUT2D eigenvalue weighted by Crippen LogP contribution is 2.33. The topological polar surface area (TPSA) is 64.6 Å². The number of nitrogens with zero attached hydrogens (tertiary/aromatic N) is 1. The second-order valence-electron chi connectivity index (χ2n) is 8.33. The maximum absolute atomic E-state index is 14.5. The Balaban J connectivity index is 1.31. The minimum Gasteiger partial charge on any atom is -0.393 e. The Labute approximate surface area is 160 Å². The van der Waals surface area contributed by atoms with Crippen molar-refractivity contribution in [1.82, 2.24) is 10.6 Å². The van der Waals surface area contributed by atoms with E-state index in [0.29, 0.717) is 50.1 Å². The molecule has 0 bridgehead atoms. The molecule has 2 saturated heterocycles. The van der Waals surface area contributed by atoms with E-state index < -0.39 is 0 Å². The van der Waals surface area contributed by atoms with E-state index in [9.17, 15) is 14.3 Å². The molecule has 1 aromatic carbocycles. The normalized spacial score (nSPS) is 28.8. The fourth-order valence-corrected chi connectivity index (χ4v) is 4.86. The fourth-order valence-electron chi connectivity index (χ4n) is 4.86. The first-order valence-electron chi connectivity index (χ1n) is 10.4. The van der Waals surface area contributed by atoms with Crippen molar-refractivity contribution in [3.63, 3.8) is 0 Å². The summed E-state index contributed by atoms with van der Waals surface area (Å²) in [6.45, 7) is 1.69. The first-order chi connectivity index (χ1) is 13.1. The summed E-state index contributed by atoms with van der Waals surface area (Å²) in [5.41, 5.74) is 1.36. The summed E-state index contributed by atoms with van der Waals surface area (Å²) in [5, 5.41) is 16.1. The van der Waals surface area contributed by atoms with Crippen LogP contribution < -0.4 is 15.5 Å². The number of anilines is 1. The van der Waals surface area contributed by atoms with Gasteiger partial charge in [-0.15, -0.1) is 0 Å². The van der Waals surface area contributed by atoms with Crippen molar-refractivity contribution < 1.29 is 14.3 Å². The molecule has 0 radical (unpaired) electrons. The van der Waals surface area contributed by atoms with Crippen LogP contribution in [0.1, 0.15) is 50.5 Å². The Morgan fingerprint density at radius 1 is 1.22 bits per heavy atom. The summed E-state index contributed by atoms with van der Waals surface area (Å²) in [6, 6.07) is 5.57. The van der Waals surface area contributed by atoms with Crippen LogP contribution in [0, 0.1) is 11.7 Å². The molecule has 3 atom stereocenters. The number of aliphatic hydroxyl groups excluding tert-OH is 1. The van der Waals surface area contributed by atoms with Gasteiger partial charge in [0.15, 0.2) is 0 Å². The van der Waals surface area contributed by atoms with Crippen molar-refractivity contribution in [2.75, 3.05) is 18.0 Å². The van der Waals surface area contributed by atoms with Gasteiger partial charge in [-0.25, -0.2) is 4.39 Å². The molecule has 27 heavy (non-hydrogen) atoms. The SMILES string of the molecule is O=C(NCc1ccc(N2CCC(O)CC2)c(F)c1)[C@@H]1C[C@H]2CCCC[C@H]2N1. The molecule has 148 valence electrons. The number of aliphatic hydroxyl groups is 1. The molecule has 1 aliphatic carbocycles. The Morgan fingerprint density at radius 2 is 2.00 bits per heavy atom. The van der Waals surface area contributed by atoms with E-state index in [2.05, 4.69) is 10.6 Å². The van der Waals surface area contributed by atoms with E-state index in [-0.39, 0.29) is 23.9 Å². The molecular weight excluding hydrogens is 345 g/mol. The zero-order chi connectivity index (χ0) is 18.8. The van der Waals surface area contributed by atoms with E-state index in [1.165, 1.54) is 31.7 Å². The van der Waals surface area contributed by atoms with E-state index in [4.69, 9.17) is 0 Å². The van der Waals surface area contributed by atoms with Gasteiger partial charge >= 0.3 is 0 Å². The molecule has 3 aliphatic rings. The molecule has 0 spiro atoms. The van der Waals surface area contributed by atoms with Gasteiger partial charge in [-0.3, -0.25) is 4.79 Å². The molecule has 2 aliphatic heterocycles. The number of piperidine rings is 1. The van der Waals surface area contributed by atoms with Crippen LogP contribution in [-0.4, -0.2) is 42.3 Å². The number of nitrogens with one attached hydrogen (secondary N) is 2. The number of carbonyl (C=O) groups excluding carboxylic acids is 1. The van der Waals surface area contributed by atoms with E-state index in [1.54, 1.807) is 6.07 Å². The molecule has 3 N–H and O–H groups in total. The number of rotatable bonds is 4. The van der Waals surface area contributed by atoms with Gasteiger partial charge in [-0.05, 0) is 55.7 Å². The van der Waals surface area contributed by atoms with Crippen LogP contribution in [0.2, 0.25) is 0 Å². The zero-order valence-electron chi connectivity index (χ0n) is 15.8. The second-order valence-corrected chi connectivity index (χ2v) is 8.33. The van der Waals surface area contributed by atoms with E-state index in [0.717, 1.165) is 12.0 Å². The summed E-state index contributed by atoms with van der Waals surface area (Å²) in [6.07, 6.45) is 6.93. The number of carbonyl (C=O) groups is 1. The van der Waals surface area contributed by atoms with Gasteiger partial charge in [0.05, 0.1) is 17.8 Å². The molecule has 1 aromatic rings. The number of benzene rings is 1. The Bertz CT molecular complexity index is 661. The predicted octanol–water partition coefficient (Wildman–Crippen LogP) is 2.32. The van der Waals surface area contributed by atoms with Crippen LogP contribution in [0.25, 0.3) is 0 Å².